The number of esters is 2. The van der Waals surface area contributed by atoms with Gasteiger partial charge in [-0.1, -0.05) is 13.0 Å². The molecule has 3 aromatic rings. The summed E-state index contributed by atoms with van der Waals surface area (Å²) in [4.78, 5) is 54.6. The van der Waals surface area contributed by atoms with E-state index in [1.54, 1.807) is 31.2 Å². The van der Waals surface area contributed by atoms with Crippen molar-refractivity contribution in [2.75, 3.05) is 0 Å². The summed E-state index contributed by atoms with van der Waals surface area (Å²) in [7, 11) is 0. The molecule has 1 unspecified atom stereocenters. The molecule has 0 saturated heterocycles. The van der Waals surface area contributed by atoms with Gasteiger partial charge in [-0.05, 0) is 37.5 Å². The van der Waals surface area contributed by atoms with Crippen molar-refractivity contribution in [2.24, 2.45) is 5.92 Å². The van der Waals surface area contributed by atoms with Gasteiger partial charge in [-0.2, -0.15) is 0 Å². The fourth-order valence-electron chi connectivity index (χ4n) is 4.88. The maximum Gasteiger partial charge on any atom is 0.355 e. The lowest BCUT2D eigenvalue weighted by molar-refractivity contribution is -0.383. The van der Waals surface area contributed by atoms with Gasteiger partial charge in [0.2, 0.25) is 5.60 Å². The molecular weight excluding hydrogens is 442 g/mol. The summed E-state index contributed by atoms with van der Waals surface area (Å²) in [5.41, 5.74) is 0.525. The van der Waals surface area contributed by atoms with Gasteiger partial charge in [0.25, 0.3) is 11.2 Å². The second kappa shape index (κ2) is 6.96. The second-order valence-corrected chi connectivity index (χ2v) is 8.86. The number of aromatic nitrogens is 2. The number of fused-ring (bicyclic) bond motifs is 5. The number of hydrogen-bond acceptors (Lipinski definition) is 8. The fourth-order valence-corrected chi connectivity index (χ4v) is 4.88. The first-order chi connectivity index (χ1) is 16.3. The number of nitro benzene ring substituents is 1. The largest absolute Gasteiger partial charge is 0.457 e. The lowest BCUT2D eigenvalue weighted by Crippen LogP contribution is -2.47. The maximum atomic E-state index is 13.5. The van der Waals surface area contributed by atoms with Gasteiger partial charge >= 0.3 is 11.9 Å². The molecule has 172 valence electrons. The summed E-state index contributed by atoms with van der Waals surface area (Å²) in [6.45, 7) is 1.67. The first-order valence-electron chi connectivity index (χ1n) is 11.1. The van der Waals surface area contributed by atoms with Crippen LogP contribution >= 0.6 is 0 Å². The Morgan fingerprint density at radius 3 is 2.82 bits per heavy atom. The average molecular weight is 461 g/mol. The van der Waals surface area contributed by atoms with E-state index in [1.165, 1.54) is 10.6 Å². The number of hydrogen-bond donors (Lipinski definition) is 0. The zero-order valence-electron chi connectivity index (χ0n) is 18.2. The van der Waals surface area contributed by atoms with Crippen molar-refractivity contribution in [3.05, 3.63) is 67.5 Å². The molecular formula is C24H19N3O7. The first-order valence-corrected chi connectivity index (χ1v) is 11.1. The number of benzene rings is 1. The Morgan fingerprint density at radius 2 is 2.12 bits per heavy atom. The van der Waals surface area contributed by atoms with E-state index in [-0.39, 0.29) is 42.3 Å². The molecule has 0 radical (unpaired) electrons. The monoisotopic (exact) mass is 461 g/mol. The van der Waals surface area contributed by atoms with Crippen molar-refractivity contribution in [3.63, 3.8) is 0 Å². The van der Waals surface area contributed by atoms with Crippen molar-refractivity contribution < 1.29 is 24.0 Å². The quantitative estimate of drug-likeness (QED) is 0.258. The molecule has 0 spiro atoms. The molecule has 2 aliphatic heterocycles. The van der Waals surface area contributed by atoms with Crippen LogP contribution in [-0.2, 0) is 37.8 Å². The Morgan fingerprint density at radius 1 is 1.32 bits per heavy atom. The number of carbonyl (C=O) groups is 2. The van der Waals surface area contributed by atoms with E-state index in [2.05, 4.69) is 4.98 Å². The molecule has 0 bridgehead atoms. The van der Waals surface area contributed by atoms with Crippen LogP contribution in [0.4, 0.5) is 5.69 Å². The van der Waals surface area contributed by atoms with Crippen LogP contribution in [0.3, 0.4) is 0 Å². The zero-order chi connectivity index (χ0) is 23.8. The molecule has 1 saturated carbocycles. The molecule has 34 heavy (non-hydrogen) atoms. The van der Waals surface area contributed by atoms with Gasteiger partial charge in [0.05, 0.1) is 45.2 Å². The molecule has 1 atom stereocenters. The minimum absolute atomic E-state index is 0.0635. The Labute approximate surface area is 192 Å². The lowest BCUT2D eigenvalue weighted by Gasteiger charge is -2.35. The lowest BCUT2D eigenvalue weighted by atomic mass is 9.85. The standard InChI is InChI=1S/C24H19N3O7/c1-2-24(34-22(29)12-6-7-12)16-9-19-20-13(10-26(19)21(28)15(16)11-33-23(24)30)8-14-17(25-20)4-3-5-18(14)27(31)32/h3-5,8-9,12H,2,6-7,10-11H2,1H3. The molecule has 1 fully saturated rings. The summed E-state index contributed by atoms with van der Waals surface area (Å²) in [6, 6.07) is 8.01. The number of rotatable bonds is 4. The number of cyclic esters (lactones) is 1. The molecule has 10 nitrogen and oxygen atoms in total. The van der Waals surface area contributed by atoms with Crippen molar-refractivity contribution in [1.29, 1.82) is 0 Å². The summed E-state index contributed by atoms with van der Waals surface area (Å²) in [5.74, 6) is -1.40. The van der Waals surface area contributed by atoms with Crippen molar-refractivity contribution >= 4 is 28.5 Å². The highest BCUT2D eigenvalue weighted by Gasteiger charge is 2.52. The predicted octanol–water partition coefficient (Wildman–Crippen LogP) is 2.95. The van der Waals surface area contributed by atoms with E-state index in [0.29, 0.717) is 46.3 Å². The maximum absolute atomic E-state index is 13.5. The topological polar surface area (TPSA) is 131 Å². The van der Waals surface area contributed by atoms with Gasteiger partial charge in [0.15, 0.2) is 0 Å². The van der Waals surface area contributed by atoms with Gasteiger partial charge in [-0.3, -0.25) is 19.7 Å². The summed E-state index contributed by atoms with van der Waals surface area (Å²) in [5, 5.41) is 11.9. The van der Waals surface area contributed by atoms with Crippen LogP contribution < -0.4 is 5.56 Å². The zero-order valence-corrected chi connectivity index (χ0v) is 18.2. The minimum atomic E-state index is -1.69. The predicted molar refractivity (Wildman–Crippen MR) is 118 cm³/mol. The fraction of sp³-hybridized carbons (Fsp3) is 0.333. The molecule has 1 aliphatic carbocycles. The molecule has 6 rings (SSSR count). The number of nitrogens with zero attached hydrogens (tertiary/aromatic N) is 3. The van der Waals surface area contributed by atoms with Crippen LogP contribution in [0.5, 0.6) is 0 Å². The number of pyridine rings is 2. The Balaban J connectivity index is 1.56. The number of ether oxygens (including phenoxy) is 2. The van der Waals surface area contributed by atoms with Crippen LogP contribution in [0.15, 0.2) is 35.1 Å². The molecule has 4 heterocycles. The molecule has 0 N–H and O–H groups in total. The highest BCUT2D eigenvalue weighted by Crippen LogP contribution is 2.43. The van der Waals surface area contributed by atoms with E-state index in [9.17, 15) is 24.5 Å². The van der Waals surface area contributed by atoms with Crippen LogP contribution in [-0.4, -0.2) is 26.4 Å². The number of nitro groups is 1. The van der Waals surface area contributed by atoms with Crippen molar-refractivity contribution in [2.45, 2.75) is 44.9 Å². The van der Waals surface area contributed by atoms with Gasteiger partial charge in [0, 0.05) is 17.2 Å². The molecule has 10 heteroatoms. The van der Waals surface area contributed by atoms with Gasteiger partial charge in [-0.15, -0.1) is 0 Å². The number of non-ortho nitro benzene ring substituents is 1. The van der Waals surface area contributed by atoms with Crippen LogP contribution in [0, 0.1) is 16.0 Å². The van der Waals surface area contributed by atoms with E-state index in [4.69, 9.17) is 9.47 Å². The van der Waals surface area contributed by atoms with Crippen LogP contribution in [0.25, 0.3) is 22.3 Å². The molecule has 2 aromatic heterocycles. The normalized spacial score (nSPS) is 20.3. The summed E-state index contributed by atoms with van der Waals surface area (Å²) >= 11 is 0. The Kier molecular flexibility index (Phi) is 4.20. The van der Waals surface area contributed by atoms with Gasteiger partial charge in [-0.25, -0.2) is 9.78 Å². The Hall–Kier alpha value is -4.08. The van der Waals surface area contributed by atoms with Gasteiger partial charge in [0.1, 0.15) is 6.61 Å². The third-order valence-electron chi connectivity index (χ3n) is 6.88. The first kappa shape index (κ1) is 20.5. The Bertz CT molecular complexity index is 1500. The summed E-state index contributed by atoms with van der Waals surface area (Å²) in [6.07, 6.45) is 1.54. The minimum Gasteiger partial charge on any atom is -0.457 e. The average Bonchev–Trinajstić information content (AvgIpc) is 3.62. The van der Waals surface area contributed by atoms with E-state index in [0.717, 1.165) is 0 Å². The second-order valence-electron chi connectivity index (χ2n) is 8.86. The summed E-state index contributed by atoms with van der Waals surface area (Å²) < 4.78 is 12.6. The van der Waals surface area contributed by atoms with E-state index in [1.807, 2.05) is 0 Å². The van der Waals surface area contributed by atoms with Crippen molar-refractivity contribution in [1.82, 2.24) is 9.55 Å². The van der Waals surface area contributed by atoms with Crippen molar-refractivity contribution in [3.8, 4) is 11.4 Å². The molecule has 1 aromatic carbocycles. The third-order valence-corrected chi connectivity index (χ3v) is 6.88. The molecule has 0 amide bonds. The third kappa shape index (κ3) is 2.74. The highest BCUT2D eigenvalue weighted by molar-refractivity contribution is 5.92. The smallest absolute Gasteiger partial charge is 0.355 e. The van der Waals surface area contributed by atoms with Crippen LogP contribution in [0.1, 0.15) is 42.9 Å². The number of carbonyl (C=O) groups excluding carboxylic acids is 2. The SMILES string of the molecule is CCC1(OC(=O)C2CC2)C(=O)OCc2c1cc1n(c2=O)Cc2cc3c([N+](=O)[O-])cccc3nc2-1. The van der Waals surface area contributed by atoms with Gasteiger partial charge < -0.3 is 14.0 Å². The highest BCUT2D eigenvalue weighted by atomic mass is 16.6. The van der Waals surface area contributed by atoms with E-state index < -0.39 is 22.5 Å². The molecule has 3 aliphatic rings. The van der Waals surface area contributed by atoms with E-state index >= 15 is 0 Å². The van der Waals surface area contributed by atoms with Crippen LogP contribution in [0.2, 0.25) is 0 Å².